The number of hydrogen-bond acceptors (Lipinski definition) is 3. The molecule has 0 radical (unpaired) electrons. The van der Waals surface area contributed by atoms with Crippen LogP contribution in [0.15, 0.2) is 18.2 Å². The second-order valence-corrected chi connectivity index (χ2v) is 4.64. The number of carboxylic acid groups (broad SMARTS) is 1. The van der Waals surface area contributed by atoms with Crippen LogP contribution >= 0.6 is 0 Å². The molecule has 1 aromatic carbocycles. The Kier molecular flexibility index (Phi) is 3.85. The minimum atomic E-state index is -0.925. The molecule has 5 nitrogen and oxygen atoms in total. The minimum absolute atomic E-state index is 0.144. The molecule has 2 aromatic rings. The van der Waals surface area contributed by atoms with Gasteiger partial charge in [-0.1, -0.05) is 6.07 Å². The van der Waals surface area contributed by atoms with Crippen LogP contribution in [0.5, 0.6) is 0 Å². The molecule has 0 aliphatic carbocycles. The van der Waals surface area contributed by atoms with Crippen LogP contribution in [0.1, 0.15) is 35.6 Å². The Labute approximate surface area is 111 Å². The molecule has 0 aliphatic heterocycles. The van der Waals surface area contributed by atoms with Gasteiger partial charge >= 0.3 is 5.97 Å². The number of nitrogens with zero attached hydrogens (tertiary/aromatic N) is 2. The standard InChI is InChI=1S/C14H18N2O3/c1-9(7-8-19-3)16-10(2)15-12-6-4-5-11(13(12)16)14(17)18/h4-6,9H,7-8H2,1-3H3,(H,17,18). The van der Waals surface area contributed by atoms with E-state index in [-0.39, 0.29) is 6.04 Å². The van der Waals surface area contributed by atoms with E-state index in [4.69, 9.17) is 4.74 Å². The van der Waals surface area contributed by atoms with E-state index in [1.807, 2.05) is 24.5 Å². The first-order valence-electron chi connectivity index (χ1n) is 6.26. The van der Waals surface area contributed by atoms with Crippen molar-refractivity contribution in [3.63, 3.8) is 0 Å². The maximum Gasteiger partial charge on any atom is 0.337 e. The van der Waals surface area contributed by atoms with E-state index in [1.54, 1.807) is 19.2 Å². The predicted molar refractivity (Wildman–Crippen MR) is 72.6 cm³/mol. The van der Waals surface area contributed by atoms with E-state index >= 15 is 0 Å². The molecule has 0 aliphatic rings. The van der Waals surface area contributed by atoms with Crippen molar-refractivity contribution in [2.75, 3.05) is 13.7 Å². The number of methoxy groups -OCH3 is 1. The first-order valence-corrected chi connectivity index (χ1v) is 6.26. The summed E-state index contributed by atoms with van der Waals surface area (Å²) in [7, 11) is 1.66. The second-order valence-electron chi connectivity index (χ2n) is 4.64. The SMILES string of the molecule is COCCC(C)n1c(C)nc2cccc(C(=O)O)c21. The van der Waals surface area contributed by atoms with Crippen molar-refractivity contribution in [3.05, 3.63) is 29.6 Å². The Hall–Kier alpha value is -1.88. The lowest BCUT2D eigenvalue weighted by atomic mass is 10.1. The number of carbonyl (C=O) groups is 1. The van der Waals surface area contributed by atoms with Crippen molar-refractivity contribution in [1.29, 1.82) is 0 Å². The molecule has 1 N–H and O–H groups in total. The number of aryl methyl sites for hydroxylation is 1. The number of ether oxygens (including phenoxy) is 1. The van der Waals surface area contributed by atoms with Crippen LogP contribution in [-0.4, -0.2) is 34.3 Å². The summed E-state index contributed by atoms with van der Waals surface area (Å²) < 4.78 is 7.07. The van der Waals surface area contributed by atoms with Crippen LogP contribution in [0.2, 0.25) is 0 Å². The van der Waals surface area contributed by atoms with Gasteiger partial charge in [0.25, 0.3) is 0 Å². The summed E-state index contributed by atoms with van der Waals surface area (Å²) in [5, 5.41) is 9.31. The zero-order chi connectivity index (χ0) is 14.0. The highest BCUT2D eigenvalue weighted by Gasteiger charge is 2.18. The van der Waals surface area contributed by atoms with Gasteiger partial charge in [0.2, 0.25) is 0 Å². The Balaban J connectivity index is 2.59. The molecule has 1 heterocycles. The van der Waals surface area contributed by atoms with Crippen LogP contribution in [0.4, 0.5) is 0 Å². The summed E-state index contributed by atoms with van der Waals surface area (Å²) in [5.74, 6) is -0.0991. The van der Waals surface area contributed by atoms with Gasteiger partial charge in [-0.05, 0) is 32.4 Å². The lowest BCUT2D eigenvalue weighted by Crippen LogP contribution is -2.11. The highest BCUT2D eigenvalue weighted by molar-refractivity contribution is 6.01. The number of fused-ring (bicyclic) bond motifs is 1. The van der Waals surface area contributed by atoms with Crippen molar-refractivity contribution < 1.29 is 14.6 Å². The molecule has 5 heteroatoms. The number of carboxylic acids is 1. The third-order valence-electron chi connectivity index (χ3n) is 3.30. The Morgan fingerprint density at radius 1 is 1.53 bits per heavy atom. The van der Waals surface area contributed by atoms with Crippen LogP contribution in [-0.2, 0) is 4.74 Å². The van der Waals surface area contributed by atoms with E-state index in [0.717, 1.165) is 17.8 Å². The Bertz CT molecular complexity index is 604. The molecular formula is C14H18N2O3. The van der Waals surface area contributed by atoms with Crippen LogP contribution in [0.3, 0.4) is 0 Å². The number of hydrogen-bond donors (Lipinski definition) is 1. The topological polar surface area (TPSA) is 64.4 Å². The molecule has 0 saturated heterocycles. The van der Waals surface area contributed by atoms with Crippen LogP contribution in [0, 0.1) is 6.92 Å². The summed E-state index contributed by atoms with van der Waals surface area (Å²) in [6.45, 7) is 4.58. The van der Waals surface area contributed by atoms with Gasteiger partial charge in [-0.25, -0.2) is 9.78 Å². The number of rotatable bonds is 5. The number of imidazole rings is 1. The molecule has 0 spiro atoms. The smallest absolute Gasteiger partial charge is 0.337 e. The monoisotopic (exact) mass is 262 g/mol. The summed E-state index contributed by atoms with van der Waals surface area (Å²) in [6, 6.07) is 5.33. The summed E-state index contributed by atoms with van der Waals surface area (Å²) in [4.78, 5) is 15.8. The van der Waals surface area contributed by atoms with Crippen molar-refractivity contribution in [2.24, 2.45) is 0 Å². The first kappa shape index (κ1) is 13.5. The molecule has 1 unspecified atom stereocenters. The molecule has 0 amide bonds. The van der Waals surface area contributed by atoms with Crippen LogP contribution < -0.4 is 0 Å². The van der Waals surface area contributed by atoms with Gasteiger partial charge in [0, 0.05) is 19.8 Å². The zero-order valence-electron chi connectivity index (χ0n) is 11.4. The van der Waals surface area contributed by atoms with Gasteiger partial charge in [-0.15, -0.1) is 0 Å². The average molecular weight is 262 g/mol. The van der Waals surface area contributed by atoms with Gasteiger partial charge in [-0.2, -0.15) is 0 Å². The molecule has 1 aromatic heterocycles. The molecule has 0 bridgehead atoms. The second kappa shape index (κ2) is 5.40. The minimum Gasteiger partial charge on any atom is -0.478 e. The van der Waals surface area contributed by atoms with Gasteiger partial charge in [0.05, 0.1) is 16.6 Å². The lowest BCUT2D eigenvalue weighted by molar-refractivity contribution is 0.0698. The normalized spacial score (nSPS) is 12.8. The maximum absolute atomic E-state index is 11.3. The molecule has 0 fully saturated rings. The molecule has 19 heavy (non-hydrogen) atoms. The van der Waals surface area contributed by atoms with E-state index in [2.05, 4.69) is 4.98 Å². The summed E-state index contributed by atoms with van der Waals surface area (Å²) in [6.07, 6.45) is 0.816. The fraction of sp³-hybridized carbons (Fsp3) is 0.429. The van der Waals surface area contributed by atoms with Gasteiger partial charge in [0.1, 0.15) is 5.82 Å². The fourth-order valence-electron chi connectivity index (χ4n) is 2.39. The van der Waals surface area contributed by atoms with E-state index in [0.29, 0.717) is 17.7 Å². The highest BCUT2D eigenvalue weighted by Crippen LogP contribution is 2.25. The van der Waals surface area contributed by atoms with Crippen LogP contribution in [0.25, 0.3) is 11.0 Å². The quantitative estimate of drug-likeness (QED) is 0.899. The van der Waals surface area contributed by atoms with Crippen molar-refractivity contribution in [3.8, 4) is 0 Å². The van der Waals surface area contributed by atoms with E-state index in [9.17, 15) is 9.90 Å². The molecular weight excluding hydrogens is 244 g/mol. The van der Waals surface area contributed by atoms with Gasteiger partial charge in [0.15, 0.2) is 0 Å². The van der Waals surface area contributed by atoms with Crippen molar-refractivity contribution >= 4 is 17.0 Å². The first-order chi connectivity index (χ1) is 9.06. The van der Waals surface area contributed by atoms with E-state index in [1.165, 1.54) is 0 Å². The molecule has 1 atom stereocenters. The van der Waals surface area contributed by atoms with Gasteiger partial charge < -0.3 is 14.4 Å². The fourth-order valence-corrected chi connectivity index (χ4v) is 2.39. The zero-order valence-corrected chi connectivity index (χ0v) is 11.4. The lowest BCUT2D eigenvalue weighted by Gasteiger charge is -2.16. The third-order valence-corrected chi connectivity index (χ3v) is 3.30. The summed E-state index contributed by atoms with van der Waals surface area (Å²) in [5.41, 5.74) is 1.71. The number of aromatic nitrogens is 2. The van der Waals surface area contributed by atoms with Crippen molar-refractivity contribution in [1.82, 2.24) is 9.55 Å². The van der Waals surface area contributed by atoms with Gasteiger partial charge in [-0.3, -0.25) is 0 Å². The Morgan fingerprint density at radius 2 is 2.26 bits per heavy atom. The largest absolute Gasteiger partial charge is 0.478 e. The highest BCUT2D eigenvalue weighted by atomic mass is 16.5. The predicted octanol–water partition coefficient (Wildman–Crippen LogP) is 2.64. The summed E-state index contributed by atoms with van der Waals surface area (Å²) >= 11 is 0. The van der Waals surface area contributed by atoms with E-state index < -0.39 is 5.97 Å². The maximum atomic E-state index is 11.3. The van der Waals surface area contributed by atoms with Crippen molar-refractivity contribution in [2.45, 2.75) is 26.3 Å². The number of benzene rings is 1. The Morgan fingerprint density at radius 3 is 2.89 bits per heavy atom. The molecule has 0 saturated carbocycles. The number of para-hydroxylation sites is 1. The molecule has 2 rings (SSSR count). The average Bonchev–Trinajstić information content (AvgIpc) is 2.71. The molecule has 102 valence electrons. The number of aromatic carboxylic acids is 1. The third kappa shape index (κ3) is 2.46.